The highest BCUT2D eigenvalue weighted by atomic mass is 19.1. The van der Waals surface area contributed by atoms with Crippen molar-refractivity contribution in [2.45, 2.75) is 13.8 Å². The van der Waals surface area contributed by atoms with Crippen LogP contribution < -0.4 is 5.32 Å². The number of aromatic nitrogens is 1. The van der Waals surface area contributed by atoms with Gasteiger partial charge in [0.2, 0.25) is 5.91 Å². The van der Waals surface area contributed by atoms with Gasteiger partial charge in [-0.3, -0.25) is 14.6 Å². The van der Waals surface area contributed by atoms with Gasteiger partial charge in [0.05, 0.1) is 23.3 Å². The van der Waals surface area contributed by atoms with Crippen LogP contribution in [0.2, 0.25) is 0 Å². The predicted molar refractivity (Wildman–Crippen MR) is 103 cm³/mol. The number of likely N-dealkylation sites (N-methyl/N-ethyl adjacent to an activating group) is 1. The lowest BCUT2D eigenvalue weighted by atomic mass is 10.1. The summed E-state index contributed by atoms with van der Waals surface area (Å²) in [6.45, 7) is 3.63. The molecule has 0 spiro atoms. The first kappa shape index (κ1) is 18.5. The summed E-state index contributed by atoms with van der Waals surface area (Å²) in [4.78, 5) is 30.8. The van der Waals surface area contributed by atoms with E-state index in [1.807, 2.05) is 25.1 Å². The summed E-state index contributed by atoms with van der Waals surface area (Å²) < 4.78 is 12.9. The summed E-state index contributed by atoms with van der Waals surface area (Å²) in [6.07, 6.45) is 0. The summed E-state index contributed by atoms with van der Waals surface area (Å²) in [7, 11) is 1.56. The van der Waals surface area contributed by atoms with Crippen LogP contribution in [-0.2, 0) is 4.79 Å². The van der Waals surface area contributed by atoms with Gasteiger partial charge in [-0.1, -0.05) is 11.6 Å². The molecular weight excluding hydrogens is 345 g/mol. The van der Waals surface area contributed by atoms with Crippen LogP contribution in [0.25, 0.3) is 10.9 Å². The first-order valence-electron chi connectivity index (χ1n) is 8.52. The smallest absolute Gasteiger partial charge is 0.255 e. The molecule has 27 heavy (non-hydrogen) atoms. The summed E-state index contributed by atoms with van der Waals surface area (Å²) >= 11 is 0. The van der Waals surface area contributed by atoms with Gasteiger partial charge in [0.15, 0.2) is 0 Å². The third-order valence-electron chi connectivity index (χ3n) is 4.25. The Kier molecular flexibility index (Phi) is 5.16. The number of rotatable bonds is 4. The molecule has 1 N–H and O–H groups in total. The molecule has 0 atom stereocenters. The minimum Gasteiger partial charge on any atom is -0.332 e. The molecule has 0 saturated carbocycles. The molecule has 1 heterocycles. The Morgan fingerprint density at radius 1 is 1.07 bits per heavy atom. The van der Waals surface area contributed by atoms with Crippen molar-refractivity contribution in [1.29, 1.82) is 0 Å². The number of benzene rings is 2. The third-order valence-corrected chi connectivity index (χ3v) is 4.25. The molecule has 1 aromatic heterocycles. The van der Waals surface area contributed by atoms with E-state index in [2.05, 4.69) is 10.3 Å². The standard InChI is InChI=1S/C21H20FN3O2/c1-13-4-9-19-15(10-13)11-18(14(2)23-19)21(27)25(3)12-20(26)24-17-7-5-16(22)6-8-17/h4-11H,12H2,1-3H3,(H,24,26). The number of carbonyl (C=O) groups is 2. The summed E-state index contributed by atoms with van der Waals surface area (Å²) in [5.74, 6) is -1.02. The second-order valence-corrected chi connectivity index (χ2v) is 6.53. The molecule has 2 amide bonds. The molecule has 3 rings (SSSR count). The van der Waals surface area contributed by atoms with Gasteiger partial charge in [0.25, 0.3) is 5.91 Å². The van der Waals surface area contributed by atoms with Crippen molar-refractivity contribution in [3.63, 3.8) is 0 Å². The van der Waals surface area contributed by atoms with Gasteiger partial charge in [-0.2, -0.15) is 0 Å². The van der Waals surface area contributed by atoms with E-state index in [4.69, 9.17) is 0 Å². The fourth-order valence-corrected chi connectivity index (χ4v) is 2.84. The topological polar surface area (TPSA) is 62.3 Å². The Morgan fingerprint density at radius 3 is 2.48 bits per heavy atom. The second kappa shape index (κ2) is 7.53. The number of nitrogens with zero attached hydrogens (tertiary/aromatic N) is 2. The minimum absolute atomic E-state index is 0.124. The molecule has 2 aromatic carbocycles. The molecule has 0 aliphatic carbocycles. The average Bonchev–Trinajstić information content (AvgIpc) is 2.62. The number of hydrogen-bond acceptors (Lipinski definition) is 3. The second-order valence-electron chi connectivity index (χ2n) is 6.53. The Labute approximate surface area is 156 Å². The van der Waals surface area contributed by atoms with Crippen LogP contribution in [0.15, 0.2) is 48.5 Å². The van der Waals surface area contributed by atoms with Crippen molar-refractivity contribution in [2.24, 2.45) is 0 Å². The van der Waals surface area contributed by atoms with Crippen LogP contribution in [0.3, 0.4) is 0 Å². The van der Waals surface area contributed by atoms with Gasteiger partial charge in [0.1, 0.15) is 5.82 Å². The number of aryl methyl sites for hydroxylation is 2. The highest BCUT2D eigenvalue weighted by molar-refractivity contribution is 6.01. The molecule has 0 aliphatic heterocycles. The number of nitrogens with one attached hydrogen (secondary N) is 1. The largest absolute Gasteiger partial charge is 0.332 e. The van der Waals surface area contributed by atoms with Crippen LogP contribution in [0.4, 0.5) is 10.1 Å². The highest BCUT2D eigenvalue weighted by Crippen LogP contribution is 2.19. The maximum atomic E-state index is 12.9. The van der Waals surface area contributed by atoms with E-state index in [-0.39, 0.29) is 24.2 Å². The molecule has 0 bridgehead atoms. The predicted octanol–water partition coefficient (Wildman–Crippen LogP) is 3.70. The molecule has 0 fully saturated rings. The van der Waals surface area contributed by atoms with E-state index in [9.17, 15) is 14.0 Å². The van der Waals surface area contributed by atoms with Crippen molar-refractivity contribution >= 4 is 28.4 Å². The lowest BCUT2D eigenvalue weighted by Gasteiger charge is -2.18. The Hall–Kier alpha value is -3.28. The first-order chi connectivity index (χ1) is 12.8. The van der Waals surface area contributed by atoms with E-state index in [1.165, 1.54) is 29.2 Å². The van der Waals surface area contributed by atoms with E-state index >= 15 is 0 Å². The fraction of sp³-hybridized carbons (Fsp3) is 0.190. The maximum absolute atomic E-state index is 12.9. The number of anilines is 1. The highest BCUT2D eigenvalue weighted by Gasteiger charge is 2.18. The zero-order valence-corrected chi connectivity index (χ0v) is 15.4. The van der Waals surface area contributed by atoms with Crippen molar-refractivity contribution in [2.75, 3.05) is 18.9 Å². The van der Waals surface area contributed by atoms with Crippen LogP contribution in [0, 0.1) is 19.7 Å². The van der Waals surface area contributed by atoms with E-state index in [0.717, 1.165) is 16.5 Å². The van der Waals surface area contributed by atoms with E-state index in [1.54, 1.807) is 20.0 Å². The fourth-order valence-electron chi connectivity index (χ4n) is 2.84. The number of hydrogen-bond donors (Lipinski definition) is 1. The van der Waals surface area contributed by atoms with Crippen LogP contribution in [0.5, 0.6) is 0 Å². The molecule has 5 nitrogen and oxygen atoms in total. The molecule has 0 aliphatic rings. The average molecular weight is 365 g/mol. The first-order valence-corrected chi connectivity index (χ1v) is 8.52. The van der Waals surface area contributed by atoms with Crippen LogP contribution in [0.1, 0.15) is 21.6 Å². The quantitative estimate of drug-likeness (QED) is 0.767. The summed E-state index contributed by atoms with van der Waals surface area (Å²) in [5.41, 5.74) is 3.46. The van der Waals surface area contributed by atoms with E-state index < -0.39 is 0 Å². The molecule has 6 heteroatoms. The van der Waals surface area contributed by atoms with Crippen molar-refractivity contribution in [3.8, 4) is 0 Å². The number of halogens is 1. The number of fused-ring (bicyclic) bond motifs is 1. The molecule has 0 radical (unpaired) electrons. The van der Waals surface area contributed by atoms with Gasteiger partial charge >= 0.3 is 0 Å². The molecule has 138 valence electrons. The number of pyridine rings is 1. The van der Waals surface area contributed by atoms with Crippen LogP contribution >= 0.6 is 0 Å². The molecular formula is C21H20FN3O2. The molecule has 0 unspecified atom stereocenters. The Balaban J connectivity index is 1.74. The molecule has 0 saturated heterocycles. The SMILES string of the molecule is Cc1ccc2nc(C)c(C(=O)N(C)CC(=O)Nc3ccc(F)cc3)cc2c1. The Morgan fingerprint density at radius 2 is 1.78 bits per heavy atom. The zero-order valence-electron chi connectivity index (χ0n) is 15.4. The van der Waals surface area contributed by atoms with Crippen molar-refractivity contribution < 1.29 is 14.0 Å². The van der Waals surface area contributed by atoms with Crippen molar-refractivity contribution in [1.82, 2.24) is 9.88 Å². The monoisotopic (exact) mass is 365 g/mol. The third kappa shape index (κ3) is 4.28. The van der Waals surface area contributed by atoms with Crippen molar-refractivity contribution in [3.05, 3.63) is 71.2 Å². The van der Waals surface area contributed by atoms with Gasteiger partial charge in [-0.25, -0.2) is 4.39 Å². The summed E-state index contributed by atoms with van der Waals surface area (Å²) in [6, 6.07) is 13.1. The normalized spacial score (nSPS) is 10.7. The number of amides is 2. The van der Waals surface area contributed by atoms with Gasteiger partial charge in [0, 0.05) is 18.1 Å². The molecule has 3 aromatic rings. The number of carbonyl (C=O) groups excluding carboxylic acids is 2. The lowest BCUT2D eigenvalue weighted by Crippen LogP contribution is -2.35. The van der Waals surface area contributed by atoms with E-state index in [0.29, 0.717) is 16.9 Å². The maximum Gasteiger partial charge on any atom is 0.255 e. The Bertz CT molecular complexity index is 1020. The summed E-state index contributed by atoms with van der Waals surface area (Å²) in [5, 5.41) is 3.53. The lowest BCUT2D eigenvalue weighted by molar-refractivity contribution is -0.116. The van der Waals surface area contributed by atoms with Crippen LogP contribution in [-0.4, -0.2) is 35.3 Å². The zero-order chi connectivity index (χ0) is 19.6. The van der Waals surface area contributed by atoms with Gasteiger partial charge < -0.3 is 10.2 Å². The van der Waals surface area contributed by atoms with Gasteiger partial charge in [-0.15, -0.1) is 0 Å². The minimum atomic E-state index is -0.380. The van der Waals surface area contributed by atoms with Gasteiger partial charge in [-0.05, 0) is 56.3 Å².